The zero-order chi connectivity index (χ0) is 25.8. The number of rotatable bonds is 15. The Kier molecular flexibility index (Phi) is 11.4. The van der Waals surface area contributed by atoms with Crippen LogP contribution >= 0.6 is 11.8 Å². The van der Waals surface area contributed by atoms with Gasteiger partial charge in [-0.2, -0.15) is 4.98 Å². The van der Waals surface area contributed by atoms with Gasteiger partial charge in [-0.3, -0.25) is 4.79 Å². The highest BCUT2D eigenvalue weighted by atomic mass is 32.2. The Bertz CT molecular complexity index is 1170. The van der Waals surface area contributed by atoms with Crippen LogP contribution in [0.3, 0.4) is 0 Å². The number of H-pyrrole nitrogens is 1. The van der Waals surface area contributed by atoms with Crippen LogP contribution in [0.4, 0.5) is 4.39 Å². The minimum atomic E-state index is -0.404. The highest BCUT2D eigenvalue weighted by Crippen LogP contribution is 2.28. The molecule has 0 aliphatic rings. The molecule has 0 radical (unpaired) electrons. The lowest BCUT2D eigenvalue weighted by Gasteiger charge is -2.18. The maximum absolute atomic E-state index is 13.2. The molecule has 3 aromatic rings. The van der Waals surface area contributed by atoms with Crippen LogP contribution in [-0.4, -0.2) is 19.5 Å². The van der Waals surface area contributed by atoms with Gasteiger partial charge in [-0.05, 0) is 29.7 Å². The molecule has 6 nitrogen and oxygen atoms in total. The van der Waals surface area contributed by atoms with Crippen molar-refractivity contribution in [3.63, 3.8) is 0 Å². The Labute approximate surface area is 216 Å². The molecule has 0 spiro atoms. The Hall–Kier alpha value is -2.74. The van der Waals surface area contributed by atoms with Crippen LogP contribution in [0.25, 0.3) is 0 Å². The Morgan fingerprint density at radius 1 is 1.00 bits per heavy atom. The number of halogens is 1. The first-order chi connectivity index (χ1) is 17.5. The average Bonchev–Trinajstić information content (AvgIpc) is 2.87. The van der Waals surface area contributed by atoms with Crippen LogP contribution in [0.2, 0.25) is 0 Å². The standard InChI is InChI=1S/C28H37FN4O2S/c1-3-4-5-6-7-8-9-10-11-12-24(22-17-30-27(35)31-18-22)25-19-33(2)28(32-26(25)34)36-20-21-13-15-23(29)16-14-21/h13-19,24H,3-12,20H2,1-2H3,(H,30,31,35). The fourth-order valence-electron chi connectivity index (χ4n) is 4.36. The summed E-state index contributed by atoms with van der Waals surface area (Å²) in [5.41, 5.74) is 1.72. The van der Waals surface area contributed by atoms with E-state index in [0.717, 1.165) is 30.4 Å². The minimum Gasteiger partial charge on any atom is -0.330 e. The number of nitrogens with one attached hydrogen (secondary N) is 1. The first-order valence-electron chi connectivity index (χ1n) is 13.0. The lowest BCUT2D eigenvalue weighted by atomic mass is 9.89. The molecule has 1 N–H and O–H groups in total. The van der Waals surface area contributed by atoms with E-state index < -0.39 is 5.69 Å². The van der Waals surface area contributed by atoms with E-state index in [1.165, 1.54) is 68.8 Å². The molecule has 1 aromatic carbocycles. The lowest BCUT2D eigenvalue weighted by molar-refractivity contribution is 0.541. The molecular weight excluding hydrogens is 475 g/mol. The van der Waals surface area contributed by atoms with Gasteiger partial charge in [0.1, 0.15) is 5.82 Å². The van der Waals surface area contributed by atoms with Gasteiger partial charge in [0, 0.05) is 42.9 Å². The molecule has 8 heteroatoms. The zero-order valence-corrected chi connectivity index (χ0v) is 22.2. The Morgan fingerprint density at radius 3 is 2.31 bits per heavy atom. The summed E-state index contributed by atoms with van der Waals surface area (Å²) in [6, 6.07) is 6.33. The lowest BCUT2D eigenvalue weighted by Crippen LogP contribution is -2.22. The summed E-state index contributed by atoms with van der Waals surface area (Å²) in [5, 5.41) is 0.606. The molecule has 2 aromatic heterocycles. The molecule has 0 bridgehead atoms. The van der Waals surface area contributed by atoms with Crippen LogP contribution in [0.15, 0.2) is 57.6 Å². The second kappa shape index (κ2) is 14.7. The SMILES string of the molecule is CCCCCCCCCCCC(c1cnc(=O)[nH]c1)c1cn(C)c(SCc2ccc(F)cc2)nc1=O. The largest absolute Gasteiger partial charge is 0.344 e. The molecule has 0 amide bonds. The molecule has 0 aliphatic carbocycles. The third kappa shape index (κ3) is 8.73. The molecule has 36 heavy (non-hydrogen) atoms. The molecule has 0 saturated heterocycles. The predicted molar refractivity (Wildman–Crippen MR) is 144 cm³/mol. The first kappa shape index (κ1) is 27.8. The number of thioether (sulfide) groups is 1. The summed E-state index contributed by atoms with van der Waals surface area (Å²) in [5.74, 6) is 0.140. The third-order valence-electron chi connectivity index (χ3n) is 6.43. The second-order valence-corrected chi connectivity index (χ2v) is 10.3. The van der Waals surface area contributed by atoms with Gasteiger partial charge in [0.25, 0.3) is 5.56 Å². The quantitative estimate of drug-likeness (QED) is 0.146. The number of hydrogen-bond acceptors (Lipinski definition) is 5. The number of nitrogens with zero attached hydrogens (tertiary/aromatic N) is 3. The van der Waals surface area contributed by atoms with Crippen molar-refractivity contribution in [3.8, 4) is 0 Å². The van der Waals surface area contributed by atoms with Crippen LogP contribution in [0.1, 0.15) is 93.7 Å². The van der Waals surface area contributed by atoms with E-state index in [2.05, 4.69) is 21.9 Å². The van der Waals surface area contributed by atoms with E-state index >= 15 is 0 Å². The van der Waals surface area contributed by atoms with Crippen LogP contribution in [-0.2, 0) is 12.8 Å². The molecule has 2 heterocycles. The number of hydrogen-bond donors (Lipinski definition) is 1. The van der Waals surface area contributed by atoms with Gasteiger partial charge in [0.2, 0.25) is 0 Å². The van der Waals surface area contributed by atoms with Crippen LogP contribution < -0.4 is 11.2 Å². The smallest absolute Gasteiger partial charge is 0.330 e. The molecule has 1 atom stereocenters. The third-order valence-corrected chi connectivity index (χ3v) is 7.54. The maximum Gasteiger partial charge on any atom is 0.344 e. The van der Waals surface area contributed by atoms with E-state index in [4.69, 9.17) is 0 Å². The van der Waals surface area contributed by atoms with Crippen molar-refractivity contribution in [1.29, 1.82) is 0 Å². The fourth-order valence-corrected chi connectivity index (χ4v) is 5.25. The van der Waals surface area contributed by atoms with Crippen molar-refractivity contribution in [3.05, 3.63) is 86.2 Å². The fraction of sp³-hybridized carbons (Fsp3) is 0.500. The molecule has 194 valence electrons. The molecule has 0 aliphatic heterocycles. The van der Waals surface area contributed by atoms with Crippen LogP contribution in [0.5, 0.6) is 0 Å². The van der Waals surface area contributed by atoms with Gasteiger partial charge >= 0.3 is 5.69 Å². The van der Waals surface area contributed by atoms with Crippen molar-refractivity contribution in [2.45, 2.75) is 88.0 Å². The van der Waals surface area contributed by atoms with Gasteiger partial charge < -0.3 is 9.55 Å². The predicted octanol–water partition coefficient (Wildman–Crippen LogP) is 6.35. The van der Waals surface area contributed by atoms with Gasteiger partial charge in [0.15, 0.2) is 5.16 Å². The average molecular weight is 513 g/mol. The highest BCUT2D eigenvalue weighted by molar-refractivity contribution is 7.98. The molecule has 3 rings (SSSR count). The summed E-state index contributed by atoms with van der Waals surface area (Å²) in [4.78, 5) is 35.5. The maximum atomic E-state index is 13.2. The Morgan fingerprint density at radius 2 is 1.67 bits per heavy atom. The van der Waals surface area contributed by atoms with E-state index in [9.17, 15) is 14.0 Å². The monoisotopic (exact) mass is 512 g/mol. The zero-order valence-electron chi connectivity index (χ0n) is 21.3. The Balaban J connectivity index is 1.66. The summed E-state index contributed by atoms with van der Waals surface area (Å²) < 4.78 is 15.0. The number of aryl methyl sites for hydroxylation is 1. The topological polar surface area (TPSA) is 80.6 Å². The second-order valence-electron chi connectivity index (χ2n) is 9.33. The molecule has 0 fully saturated rings. The number of unbranched alkanes of at least 4 members (excludes halogenated alkanes) is 8. The highest BCUT2D eigenvalue weighted by Gasteiger charge is 2.20. The van der Waals surface area contributed by atoms with Crippen molar-refractivity contribution >= 4 is 11.8 Å². The molecular formula is C28H37FN4O2S. The van der Waals surface area contributed by atoms with Crippen molar-refractivity contribution in [2.75, 3.05) is 0 Å². The number of aromatic amines is 1. The van der Waals surface area contributed by atoms with E-state index in [-0.39, 0.29) is 17.3 Å². The summed E-state index contributed by atoms with van der Waals surface area (Å²) in [6.45, 7) is 2.23. The van der Waals surface area contributed by atoms with E-state index in [1.807, 2.05) is 17.8 Å². The van der Waals surface area contributed by atoms with Crippen LogP contribution in [0, 0.1) is 5.82 Å². The van der Waals surface area contributed by atoms with Gasteiger partial charge in [-0.1, -0.05) is 88.6 Å². The van der Waals surface area contributed by atoms with E-state index in [1.54, 1.807) is 24.5 Å². The summed E-state index contributed by atoms with van der Waals surface area (Å²) in [7, 11) is 1.88. The molecule has 1 unspecified atom stereocenters. The summed E-state index contributed by atoms with van der Waals surface area (Å²) >= 11 is 1.44. The number of benzene rings is 1. The molecule has 0 saturated carbocycles. The first-order valence-corrected chi connectivity index (χ1v) is 14.0. The normalized spacial score (nSPS) is 12.1. The van der Waals surface area contributed by atoms with E-state index in [0.29, 0.717) is 16.5 Å². The number of aromatic nitrogens is 4. The van der Waals surface area contributed by atoms with Gasteiger partial charge in [-0.25, -0.2) is 14.2 Å². The van der Waals surface area contributed by atoms with Gasteiger partial charge in [-0.15, -0.1) is 0 Å². The van der Waals surface area contributed by atoms with Crippen molar-refractivity contribution in [1.82, 2.24) is 19.5 Å². The van der Waals surface area contributed by atoms with Crippen molar-refractivity contribution in [2.24, 2.45) is 7.05 Å². The van der Waals surface area contributed by atoms with Gasteiger partial charge in [0.05, 0.1) is 0 Å². The minimum absolute atomic E-state index is 0.179. The van der Waals surface area contributed by atoms with Crippen molar-refractivity contribution < 1.29 is 4.39 Å². The summed E-state index contributed by atoms with van der Waals surface area (Å²) in [6.07, 6.45) is 16.9.